The van der Waals surface area contributed by atoms with E-state index in [0.717, 1.165) is 81.9 Å². The van der Waals surface area contributed by atoms with E-state index in [4.69, 9.17) is 13.9 Å². The fourth-order valence-electron chi connectivity index (χ4n) is 8.02. The number of halogens is 6. The molecule has 0 fully saturated rings. The molecule has 1 heterocycles. The SMILES string of the molecule is Cc1ccc(C(=O)c2ccc(Oc3ccc(C(c4ccc(Oc5ccc(C(=O)c6ccc(-c7ccc(C)c(-c8nc9ccccc9o8)c7)cc6)cc5)cc4)(C(F)(F)F)C(F)(F)F)cc3)cc2)cc1. The van der Waals surface area contributed by atoms with E-state index in [9.17, 15) is 35.9 Å². The Balaban J connectivity index is 0.876. The third kappa shape index (κ3) is 8.76. The van der Waals surface area contributed by atoms with Gasteiger partial charge < -0.3 is 13.9 Å². The molecule has 0 aliphatic heterocycles. The van der Waals surface area contributed by atoms with Gasteiger partial charge in [0, 0.05) is 27.8 Å². The number of oxazole rings is 1. The van der Waals surface area contributed by atoms with Gasteiger partial charge in [0.25, 0.3) is 0 Å². The summed E-state index contributed by atoms with van der Waals surface area (Å²) in [7, 11) is 0. The Labute approximate surface area is 386 Å². The van der Waals surface area contributed by atoms with Crippen LogP contribution in [0, 0.1) is 13.8 Å². The number of nitrogens with zero attached hydrogens (tertiary/aromatic N) is 1. The van der Waals surface area contributed by atoms with Gasteiger partial charge in [-0.25, -0.2) is 4.98 Å². The molecular formula is C56H37F6NO5. The smallest absolute Gasteiger partial charge is 0.411 e. The number of benzene rings is 8. The number of carbonyl (C=O) groups is 2. The fourth-order valence-corrected chi connectivity index (χ4v) is 8.02. The van der Waals surface area contributed by atoms with Gasteiger partial charge in [0.1, 0.15) is 28.5 Å². The lowest BCUT2D eigenvalue weighted by Gasteiger charge is -2.38. The molecule has 0 atom stereocenters. The zero-order chi connectivity index (χ0) is 47.8. The van der Waals surface area contributed by atoms with Crippen LogP contribution in [0.3, 0.4) is 0 Å². The van der Waals surface area contributed by atoms with E-state index in [-0.39, 0.29) is 34.6 Å². The van der Waals surface area contributed by atoms with E-state index in [0.29, 0.717) is 33.7 Å². The molecule has 338 valence electrons. The lowest BCUT2D eigenvalue weighted by molar-refractivity contribution is -0.288. The standard InChI is InChI=1S/C56H37F6NO5/c1-34-7-10-37(11-8-34)51(64)39-17-25-44(26-18-39)66-46-29-21-42(22-30-46)54(55(57,58)59,56(60,61)62)43-23-31-47(32-24-43)67-45-27-19-40(20-28-45)52(65)38-15-13-36(14-16-38)41-12-9-35(2)48(33-41)53-63-49-5-3-4-6-50(49)68-53/h3-33H,1-2H3. The van der Waals surface area contributed by atoms with Crippen molar-refractivity contribution in [2.75, 3.05) is 0 Å². The lowest BCUT2D eigenvalue weighted by atomic mass is 9.73. The first-order chi connectivity index (χ1) is 32.6. The van der Waals surface area contributed by atoms with E-state index in [1.54, 1.807) is 24.3 Å². The van der Waals surface area contributed by atoms with E-state index in [1.165, 1.54) is 48.5 Å². The summed E-state index contributed by atoms with van der Waals surface area (Å²) in [6, 6.07) is 46.6. The minimum atomic E-state index is -5.82. The number of ketones is 2. The molecule has 0 bridgehead atoms. The second-order valence-electron chi connectivity index (χ2n) is 16.2. The second-order valence-corrected chi connectivity index (χ2v) is 16.2. The van der Waals surface area contributed by atoms with Crippen LogP contribution in [-0.2, 0) is 5.41 Å². The Morgan fingerprint density at radius 1 is 0.471 bits per heavy atom. The Hall–Kier alpha value is -8.25. The lowest BCUT2D eigenvalue weighted by Crippen LogP contribution is -2.54. The Bertz CT molecular complexity index is 3220. The highest BCUT2D eigenvalue weighted by atomic mass is 19.4. The van der Waals surface area contributed by atoms with Crippen LogP contribution in [0.15, 0.2) is 192 Å². The molecule has 0 radical (unpaired) electrons. The first-order valence-corrected chi connectivity index (χ1v) is 21.2. The summed E-state index contributed by atoms with van der Waals surface area (Å²) in [5.74, 6) is 0.347. The van der Waals surface area contributed by atoms with Crippen LogP contribution in [0.5, 0.6) is 23.0 Å². The van der Waals surface area contributed by atoms with E-state index in [1.807, 2.05) is 80.6 Å². The predicted octanol–water partition coefficient (Wildman–Crippen LogP) is 15.2. The number of alkyl halides is 6. The summed E-state index contributed by atoms with van der Waals surface area (Å²) < 4.78 is 107. The number of carbonyl (C=O) groups excluding carboxylic acids is 2. The Kier molecular flexibility index (Phi) is 11.8. The maximum atomic E-state index is 15.0. The molecule has 0 unspecified atom stereocenters. The fraction of sp³-hybridized carbons (Fsp3) is 0.0893. The quantitative estimate of drug-likeness (QED) is 0.0897. The first-order valence-electron chi connectivity index (χ1n) is 21.2. The van der Waals surface area contributed by atoms with Crippen LogP contribution in [0.2, 0.25) is 0 Å². The maximum absolute atomic E-state index is 15.0. The minimum absolute atomic E-state index is 0.0233. The van der Waals surface area contributed by atoms with Crippen LogP contribution in [-0.4, -0.2) is 28.9 Å². The molecule has 0 spiro atoms. The number of hydrogen-bond donors (Lipinski definition) is 0. The van der Waals surface area contributed by atoms with Crippen molar-refractivity contribution >= 4 is 22.7 Å². The summed E-state index contributed by atoms with van der Waals surface area (Å²) in [6.45, 7) is 3.87. The predicted molar refractivity (Wildman–Crippen MR) is 246 cm³/mol. The van der Waals surface area contributed by atoms with Crippen molar-refractivity contribution in [2.24, 2.45) is 0 Å². The van der Waals surface area contributed by atoms with Gasteiger partial charge in [-0.15, -0.1) is 0 Å². The number of aryl methyl sites for hydroxylation is 2. The van der Waals surface area contributed by atoms with Crippen molar-refractivity contribution in [1.29, 1.82) is 0 Å². The van der Waals surface area contributed by atoms with Crippen molar-refractivity contribution in [2.45, 2.75) is 31.6 Å². The van der Waals surface area contributed by atoms with Gasteiger partial charge in [-0.2, -0.15) is 26.3 Å². The number of hydrogen-bond acceptors (Lipinski definition) is 6. The summed E-state index contributed by atoms with van der Waals surface area (Å²) in [5, 5.41) is 0. The Morgan fingerprint density at radius 3 is 1.31 bits per heavy atom. The highest BCUT2D eigenvalue weighted by Crippen LogP contribution is 2.56. The van der Waals surface area contributed by atoms with Crippen LogP contribution < -0.4 is 9.47 Å². The zero-order valence-electron chi connectivity index (χ0n) is 36.2. The molecule has 0 aliphatic carbocycles. The first kappa shape index (κ1) is 44.9. The molecule has 6 nitrogen and oxygen atoms in total. The number of fused-ring (bicyclic) bond motifs is 1. The largest absolute Gasteiger partial charge is 0.457 e. The summed E-state index contributed by atoms with van der Waals surface area (Å²) >= 11 is 0. The van der Waals surface area contributed by atoms with Crippen LogP contribution in [0.1, 0.15) is 54.1 Å². The molecule has 0 saturated heterocycles. The van der Waals surface area contributed by atoms with Gasteiger partial charge in [0.05, 0.1) is 0 Å². The molecule has 0 amide bonds. The summed E-state index contributed by atoms with van der Waals surface area (Å²) in [4.78, 5) is 31.0. The molecule has 68 heavy (non-hydrogen) atoms. The van der Waals surface area contributed by atoms with E-state index < -0.39 is 28.9 Å². The van der Waals surface area contributed by atoms with E-state index >= 15 is 0 Å². The summed E-state index contributed by atoms with van der Waals surface area (Å²) in [5.41, 5.74) is 1.06. The molecule has 9 rings (SSSR count). The van der Waals surface area contributed by atoms with Crippen LogP contribution in [0.25, 0.3) is 33.7 Å². The molecule has 8 aromatic carbocycles. The van der Waals surface area contributed by atoms with Crippen molar-refractivity contribution in [3.63, 3.8) is 0 Å². The van der Waals surface area contributed by atoms with Gasteiger partial charge in [-0.05, 0) is 133 Å². The molecule has 12 heteroatoms. The number of rotatable bonds is 12. The van der Waals surface area contributed by atoms with Crippen LogP contribution >= 0.6 is 0 Å². The monoisotopic (exact) mass is 917 g/mol. The molecule has 1 aromatic heterocycles. The van der Waals surface area contributed by atoms with Gasteiger partial charge in [0.2, 0.25) is 11.3 Å². The Morgan fingerprint density at radius 2 is 0.868 bits per heavy atom. The van der Waals surface area contributed by atoms with E-state index in [2.05, 4.69) is 4.98 Å². The number of ether oxygens (including phenoxy) is 2. The van der Waals surface area contributed by atoms with Crippen LogP contribution in [0.4, 0.5) is 26.3 Å². The molecule has 0 saturated carbocycles. The van der Waals surface area contributed by atoms with Crippen molar-refractivity contribution in [3.8, 4) is 45.6 Å². The molecule has 9 aromatic rings. The van der Waals surface area contributed by atoms with Gasteiger partial charge >= 0.3 is 12.4 Å². The number of aromatic nitrogens is 1. The third-order valence-electron chi connectivity index (χ3n) is 11.7. The van der Waals surface area contributed by atoms with Crippen molar-refractivity contribution < 1.29 is 49.8 Å². The number of para-hydroxylation sites is 2. The molecule has 0 aliphatic rings. The normalized spacial score (nSPS) is 11.9. The van der Waals surface area contributed by atoms with Crippen molar-refractivity contribution in [3.05, 3.63) is 233 Å². The second kappa shape index (κ2) is 17.9. The zero-order valence-corrected chi connectivity index (χ0v) is 36.2. The third-order valence-corrected chi connectivity index (χ3v) is 11.7. The van der Waals surface area contributed by atoms with Gasteiger partial charge in [-0.1, -0.05) is 103 Å². The van der Waals surface area contributed by atoms with Crippen molar-refractivity contribution in [1.82, 2.24) is 4.98 Å². The van der Waals surface area contributed by atoms with Gasteiger partial charge in [0.15, 0.2) is 17.1 Å². The summed E-state index contributed by atoms with van der Waals surface area (Å²) in [6.07, 6.45) is -11.6. The maximum Gasteiger partial charge on any atom is 0.411 e. The topological polar surface area (TPSA) is 78.6 Å². The van der Waals surface area contributed by atoms with Gasteiger partial charge in [-0.3, -0.25) is 9.59 Å². The highest BCUT2D eigenvalue weighted by Gasteiger charge is 2.72. The molecular weight excluding hydrogens is 881 g/mol. The average molecular weight is 918 g/mol. The highest BCUT2D eigenvalue weighted by molar-refractivity contribution is 6.09. The minimum Gasteiger partial charge on any atom is -0.457 e. The molecule has 0 N–H and O–H groups in total. The average Bonchev–Trinajstić information content (AvgIpc) is 3.77.